The van der Waals surface area contributed by atoms with Crippen LogP contribution in [0.15, 0.2) is 30.3 Å². The Morgan fingerprint density at radius 2 is 2.11 bits per heavy atom. The van der Waals surface area contributed by atoms with Crippen molar-refractivity contribution in [1.29, 1.82) is 0 Å². The maximum absolute atomic E-state index is 12.7. The molecule has 2 N–H and O–H groups in total. The highest BCUT2D eigenvalue weighted by molar-refractivity contribution is 5.84. The molecule has 3 heteroatoms. The van der Waals surface area contributed by atoms with Gasteiger partial charge in [0.25, 0.3) is 0 Å². The van der Waals surface area contributed by atoms with E-state index >= 15 is 0 Å². The summed E-state index contributed by atoms with van der Waals surface area (Å²) in [6, 6.07) is 10.3. The summed E-state index contributed by atoms with van der Waals surface area (Å²) in [4.78, 5) is 14.8. The molecule has 0 bridgehead atoms. The van der Waals surface area contributed by atoms with Gasteiger partial charge in [0.2, 0.25) is 5.91 Å². The Balaban J connectivity index is 2.16. The number of carbonyl (C=O) groups is 1. The van der Waals surface area contributed by atoms with E-state index in [0.717, 1.165) is 31.4 Å². The first-order valence-electron chi connectivity index (χ1n) is 7.33. The van der Waals surface area contributed by atoms with Crippen LogP contribution in [0, 0.1) is 0 Å². The number of nitrogens with zero attached hydrogens (tertiary/aromatic N) is 1. The minimum Gasteiger partial charge on any atom is -0.339 e. The number of nitrogens with two attached hydrogens (primary N) is 1. The number of carbonyl (C=O) groups excluding carboxylic acids is 1. The first kappa shape index (κ1) is 14.1. The monoisotopic (exact) mass is 260 g/mol. The molecule has 0 radical (unpaired) electrons. The summed E-state index contributed by atoms with van der Waals surface area (Å²) in [6.45, 7) is 3.44. The normalized spacial score (nSPS) is 21.2. The third-order valence-electron chi connectivity index (χ3n) is 4.12. The van der Waals surface area contributed by atoms with E-state index in [9.17, 15) is 4.79 Å². The van der Waals surface area contributed by atoms with Crippen LogP contribution in [-0.4, -0.2) is 29.9 Å². The molecule has 2 rings (SSSR count). The molecule has 1 saturated heterocycles. The number of hydrogen-bond acceptors (Lipinski definition) is 2. The van der Waals surface area contributed by atoms with Crippen LogP contribution in [-0.2, 0) is 4.79 Å². The van der Waals surface area contributed by atoms with Crippen LogP contribution in [0.1, 0.15) is 44.1 Å². The summed E-state index contributed by atoms with van der Waals surface area (Å²) in [5.41, 5.74) is 6.89. The molecule has 2 unspecified atom stereocenters. The maximum atomic E-state index is 12.7. The molecule has 0 aliphatic carbocycles. The molecule has 0 aromatic heterocycles. The second-order valence-corrected chi connectivity index (χ2v) is 5.29. The lowest BCUT2D eigenvalue weighted by Crippen LogP contribution is -2.46. The average molecular weight is 260 g/mol. The predicted octanol–water partition coefficient (Wildman–Crippen LogP) is 2.52. The first-order valence-corrected chi connectivity index (χ1v) is 7.33. The fourth-order valence-electron chi connectivity index (χ4n) is 2.98. The van der Waals surface area contributed by atoms with Gasteiger partial charge in [0.05, 0.1) is 5.92 Å². The van der Waals surface area contributed by atoms with Crippen LogP contribution in [0.25, 0.3) is 0 Å². The summed E-state index contributed by atoms with van der Waals surface area (Å²) in [5.74, 6) is 0.0219. The molecular formula is C16H24N2O. The molecule has 1 aromatic rings. The maximum Gasteiger partial charge on any atom is 0.231 e. The van der Waals surface area contributed by atoms with Crippen LogP contribution in [0.4, 0.5) is 0 Å². The Bertz CT molecular complexity index is 404. The molecule has 104 valence electrons. The van der Waals surface area contributed by atoms with Crippen molar-refractivity contribution in [1.82, 2.24) is 4.90 Å². The number of hydrogen-bond donors (Lipinski definition) is 1. The van der Waals surface area contributed by atoms with E-state index in [4.69, 9.17) is 5.73 Å². The quantitative estimate of drug-likeness (QED) is 0.904. The zero-order valence-electron chi connectivity index (χ0n) is 11.7. The average Bonchev–Trinajstić information content (AvgIpc) is 2.49. The second-order valence-electron chi connectivity index (χ2n) is 5.29. The van der Waals surface area contributed by atoms with Crippen LogP contribution >= 0.6 is 0 Å². The molecule has 1 aliphatic heterocycles. The molecule has 1 amide bonds. The summed E-state index contributed by atoms with van der Waals surface area (Å²) in [7, 11) is 0. The molecule has 2 atom stereocenters. The van der Waals surface area contributed by atoms with Crippen molar-refractivity contribution in [3.63, 3.8) is 0 Å². The lowest BCUT2D eigenvalue weighted by atomic mass is 9.93. The molecule has 0 saturated carbocycles. The van der Waals surface area contributed by atoms with Crippen LogP contribution < -0.4 is 5.73 Å². The Kier molecular flexibility index (Phi) is 4.97. The van der Waals surface area contributed by atoms with Crippen molar-refractivity contribution in [3.8, 4) is 0 Å². The van der Waals surface area contributed by atoms with E-state index in [1.54, 1.807) is 0 Å². The van der Waals surface area contributed by atoms with Gasteiger partial charge in [-0.3, -0.25) is 4.79 Å². The Labute approximate surface area is 115 Å². The summed E-state index contributed by atoms with van der Waals surface area (Å²) in [6.07, 6.45) is 4.53. The van der Waals surface area contributed by atoms with Crippen molar-refractivity contribution in [2.24, 2.45) is 5.73 Å². The van der Waals surface area contributed by atoms with Gasteiger partial charge in [0.15, 0.2) is 0 Å². The molecular weight excluding hydrogens is 236 g/mol. The lowest BCUT2D eigenvalue weighted by molar-refractivity contribution is -0.136. The van der Waals surface area contributed by atoms with E-state index in [0.29, 0.717) is 12.6 Å². The Hall–Kier alpha value is -1.35. The fraction of sp³-hybridized carbons (Fsp3) is 0.562. The predicted molar refractivity (Wildman–Crippen MR) is 77.9 cm³/mol. The zero-order chi connectivity index (χ0) is 13.7. The zero-order valence-corrected chi connectivity index (χ0v) is 11.7. The summed E-state index contributed by atoms with van der Waals surface area (Å²) >= 11 is 0. The van der Waals surface area contributed by atoms with E-state index in [2.05, 4.69) is 11.8 Å². The van der Waals surface area contributed by atoms with Gasteiger partial charge >= 0.3 is 0 Å². The molecule has 0 spiro atoms. The minimum absolute atomic E-state index is 0.187. The second kappa shape index (κ2) is 6.71. The van der Waals surface area contributed by atoms with Crippen molar-refractivity contribution in [2.45, 2.75) is 44.6 Å². The van der Waals surface area contributed by atoms with Gasteiger partial charge in [-0.2, -0.15) is 0 Å². The van der Waals surface area contributed by atoms with Crippen molar-refractivity contribution < 1.29 is 4.79 Å². The number of likely N-dealkylation sites (tertiary alicyclic amines) is 1. The van der Waals surface area contributed by atoms with Crippen molar-refractivity contribution >= 4 is 5.91 Å². The fourth-order valence-corrected chi connectivity index (χ4v) is 2.98. The van der Waals surface area contributed by atoms with E-state index in [1.807, 2.05) is 30.3 Å². The number of benzene rings is 1. The highest BCUT2D eigenvalue weighted by Gasteiger charge is 2.30. The molecule has 19 heavy (non-hydrogen) atoms. The molecule has 1 fully saturated rings. The molecule has 3 nitrogen and oxygen atoms in total. The van der Waals surface area contributed by atoms with Crippen LogP contribution in [0.5, 0.6) is 0 Å². The van der Waals surface area contributed by atoms with Crippen LogP contribution in [0.2, 0.25) is 0 Å². The number of piperidine rings is 1. The highest BCUT2D eigenvalue weighted by Crippen LogP contribution is 2.25. The summed E-state index contributed by atoms with van der Waals surface area (Å²) < 4.78 is 0. The SMILES string of the molecule is CCC1CCCCN1C(=O)C(CN)c1ccccc1. The van der Waals surface area contributed by atoms with Gasteiger partial charge in [0.1, 0.15) is 0 Å². The van der Waals surface area contributed by atoms with Gasteiger partial charge in [-0.1, -0.05) is 37.3 Å². The van der Waals surface area contributed by atoms with E-state index in [1.165, 1.54) is 6.42 Å². The van der Waals surface area contributed by atoms with Gasteiger partial charge in [-0.15, -0.1) is 0 Å². The molecule has 1 aromatic carbocycles. The molecule has 1 aliphatic rings. The smallest absolute Gasteiger partial charge is 0.231 e. The summed E-state index contributed by atoms with van der Waals surface area (Å²) in [5, 5.41) is 0. The lowest BCUT2D eigenvalue weighted by Gasteiger charge is -2.37. The van der Waals surface area contributed by atoms with E-state index < -0.39 is 0 Å². The van der Waals surface area contributed by atoms with Crippen LogP contribution in [0.3, 0.4) is 0 Å². The highest BCUT2D eigenvalue weighted by atomic mass is 16.2. The van der Waals surface area contributed by atoms with Crippen molar-refractivity contribution in [3.05, 3.63) is 35.9 Å². The standard InChI is InChI=1S/C16H24N2O/c1-2-14-10-6-7-11-18(14)16(19)15(12-17)13-8-4-3-5-9-13/h3-5,8-9,14-15H,2,6-7,10-12,17H2,1H3. The van der Waals surface area contributed by atoms with Gasteiger partial charge < -0.3 is 10.6 Å². The third-order valence-corrected chi connectivity index (χ3v) is 4.12. The van der Waals surface area contributed by atoms with Gasteiger partial charge in [0, 0.05) is 19.1 Å². The number of amides is 1. The Morgan fingerprint density at radius 3 is 2.74 bits per heavy atom. The first-order chi connectivity index (χ1) is 9.27. The number of rotatable bonds is 4. The van der Waals surface area contributed by atoms with Crippen molar-refractivity contribution in [2.75, 3.05) is 13.1 Å². The molecule has 1 heterocycles. The largest absolute Gasteiger partial charge is 0.339 e. The minimum atomic E-state index is -0.187. The topological polar surface area (TPSA) is 46.3 Å². The van der Waals surface area contributed by atoms with Gasteiger partial charge in [-0.25, -0.2) is 0 Å². The third kappa shape index (κ3) is 3.16. The Morgan fingerprint density at radius 1 is 1.37 bits per heavy atom. The van der Waals surface area contributed by atoms with E-state index in [-0.39, 0.29) is 11.8 Å². The van der Waals surface area contributed by atoms with Gasteiger partial charge in [-0.05, 0) is 31.2 Å².